The van der Waals surface area contributed by atoms with Crippen molar-refractivity contribution in [3.63, 3.8) is 0 Å². The minimum absolute atomic E-state index is 0.645. The zero-order valence-corrected chi connectivity index (χ0v) is 8.50. The van der Waals surface area contributed by atoms with Crippen LogP contribution in [0.3, 0.4) is 0 Å². The fraction of sp³-hybridized carbons (Fsp3) is 0.583. The van der Waals surface area contributed by atoms with Crippen molar-refractivity contribution in [1.29, 1.82) is 5.26 Å². The van der Waals surface area contributed by atoms with Crippen LogP contribution in [0.1, 0.15) is 45.4 Å². The summed E-state index contributed by atoms with van der Waals surface area (Å²) >= 11 is 0. The highest BCUT2D eigenvalue weighted by Crippen LogP contribution is 2.00. The second-order valence-electron chi connectivity index (χ2n) is 2.98. The predicted molar refractivity (Wildman–Crippen MR) is 57.3 cm³/mol. The number of hydrogen-bond acceptors (Lipinski definition) is 1. The van der Waals surface area contributed by atoms with Crippen LogP contribution in [0.2, 0.25) is 0 Å². The van der Waals surface area contributed by atoms with Gasteiger partial charge in [-0.3, -0.25) is 0 Å². The molecule has 0 aliphatic carbocycles. The smallest absolute Gasteiger partial charge is 0.0624 e. The lowest BCUT2D eigenvalue weighted by molar-refractivity contribution is 0.860. The highest BCUT2D eigenvalue weighted by atomic mass is 14.2. The third-order valence-corrected chi connectivity index (χ3v) is 1.73. The van der Waals surface area contributed by atoms with Crippen molar-refractivity contribution >= 4 is 0 Å². The van der Waals surface area contributed by atoms with Gasteiger partial charge in [-0.1, -0.05) is 31.2 Å². The minimum Gasteiger partial charge on any atom is -0.198 e. The van der Waals surface area contributed by atoms with Crippen LogP contribution in [0.25, 0.3) is 0 Å². The van der Waals surface area contributed by atoms with Gasteiger partial charge in [0.1, 0.15) is 0 Å². The van der Waals surface area contributed by atoms with E-state index in [1.165, 1.54) is 12.8 Å². The van der Waals surface area contributed by atoms with Gasteiger partial charge >= 0.3 is 0 Å². The van der Waals surface area contributed by atoms with E-state index in [9.17, 15) is 0 Å². The largest absolute Gasteiger partial charge is 0.198 e. The minimum atomic E-state index is 0.645. The standard InChI is InChI=1S/C12H19N/c1-2-3-4-5-6-7-8-9-10-11-12-13/h3-4,8-9H,2,5-7,10-11H2,1H3. The SMILES string of the molecule is CCC=CCCCC=CCCC#N. The zero-order chi connectivity index (χ0) is 9.78. The van der Waals surface area contributed by atoms with E-state index in [1.54, 1.807) is 0 Å². The van der Waals surface area contributed by atoms with Crippen molar-refractivity contribution in [2.45, 2.75) is 45.4 Å². The number of nitrogens with zero attached hydrogens (tertiary/aromatic N) is 1. The Morgan fingerprint density at radius 3 is 2.23 bits per heavy atom. The molecule has 0 aliphatic rings. The molecule has 0 aliphatic heterocycles. The summed E-state index contributed by atoms with van der Waals surface area (Å²) in [5.74, 6) is 0. The van der Waals surface area contributed by atoms with Gasteiger partial charge in [0.05, 0.1) is 6.07 Å². The lowest BCUT2D eigenvalue weighted by Gasteiger charge is -1.89. The van der Waals surface area contributed by atoms with E-state index in [1.807, 2.05) is 0 Å². The monoisotopic (exact) mass is 177 g/mol. The summed E-state index contributed by atoms with van der Waals surface area (Å²) in [7, 11) is 0. The molecule has 0 N–H and O–H groups in total. The highest BCUT2D eigenvalue weighted by Gasteiger charge is 1.80. The molecule has 0 unspecified atom stereocenters. The van der Waals surface area contributed by atoms with E-state index in [0.29, 0.717) is 6.42 Å². The Labute approximate surface area is 81.8 Å². The van der Waals surface area contributed by atoms with Gasteiger partial charge in [0, 0.05) is 6.42 Å². The molecule has 0 fully saturated rings. The number of nitriles is 1. The average Bonchev–Trinajstić information content (AvgIpc) is 2.16. The first-order valence-corrected chi connectivity index (χ1v) is 5.08. The third-order valence-electron chi connectivity index (χ3n) is 1.73. The summed E-state index contributed by atoms with van der Waals surface area (Å²) in [6.45, 7) is 2.15. The maximum atomic E-state index is 8.27. The molecule has 0 saturated heterocycles. The molecule has 1 heteroatoms. The van der Waals surface area contributed by atoms with Crippen LogP contribution >= 0.6 is 0 Å². The summed E-state index contributed by atoms with van der Waals surface area (Å²) in [6, 6.07) is 2.12. The molecule has 13 heavy (non-hydrogen) atoms. The normalized spacial score (nSPS) is 11.1. The van der Waals surface area contributed by atoms with E-state index >= 15 is 0 Å². The van der Waals surface area contributed by atoms with Crippen LogP contribution in [0, 0.1) is 11.3 Å². The molecule has 0 heterocycles. The van der Waals surface area contributed by atoms with Crippen molar-refractivity contribution in [3.05, 3.63) is 24.3 Å². The highest BCUT2D eigenvalue weighted by molar-refractivity contribution is 4.87. The lowest BCUT2D eigenvalue weighted by Crippen LogP contribution is -1.70. The quantitative estimate of drug-likeness (QED) is 0.426. The van der Waals surface area contributed by atoms with E-state index < -0.39 is 0 Å². The van der Waals surface area contributed by atoms with Crippen molar-refractivity contribution in [2.24, 2.45) is 0 Å². The second-order valence-corrected chi connectivity index (χ2v) is 2.98. The Balaban J connectivity index is 3.11. The summed E-state index contributed by atoms with van der Waals surface area (Å²) in [4.78, 5) is 0. The Kier molecular flexibility index (Phi) is 10.1. The number of unbranched alkanes of at least 4 members (excludes halogenated alkanes) is 3. The Bertz CT molecular complexity index is 184. The van der Waals surface area contributed by atoms with Crippen molar-refractivity contribution in [2.75, 3.05) is 0 Å². The number of hydrogen-bond donors (Lipinski definition) is 0. The van der Waals surface area contributed by atoms with Crippen LogP contribution < -0.4 is 0 Å². The second kappa shape index (κ2) is 11.0. The maximum Gasteiger partial charge on any atom is 0.0624 e. The van der Waals surface area contributed by atoms with Gasteiger partial charge in [-0.05, 0) is 32.1 Å². The fourth-order valence-electron chi connectivity index (χ4n) is 1.02. The first-order valence-electron chi connectivity index (χ1n) is 5.08. The van der Waals surface area contributed by atoms with Gasteiger partial charge in [-0.25, -0.2) is 0 Å². The van der Waals surface area contributed by atoms with Gasteiger partial charge in [0.15, 0.2) is 0 Å². The molecule has 0 saturated carbocycles. The van der Waals surface area contributed by atoms with Crippen LogP contribution in [-0.4, -0.2) is 0 Å². The summed E-state index contributed by atoms with van der Waals surface area (Å²) < 4.78 is 0. The maximum absolute atomic E-state index is 8.27. The molecule has 0 aromatic carbocycles. The Hall–Kier alpha value is -1.03. The Morgan fingerprint density at radius 1 is 1.00 bits per heavy atom. The number of allylic oxidation sites excluding steroid dienone is 4. The molecular weight excluding hydrogens is 158 g/mol. The molecule has 0 aromatic rings. The summed E-state index contributed by atoms with van der Waals surface area (Å²) in [5, 5.41) is 8.27. The fourth-order valence-corrected chi connectivity index (χ4v) is 1.02. The number of rotatable bonds is 7. The van der Waals surface area contributed by atoms with Gasteiger partial charge in [-0.2, -0.15) is 5.26 Å². The van der Waals surface area contributed by atoms with Crippen molar-refractivity contribution < 1.29 is 0 Å². The van der Waals surface area contributed by atoms with Crippen LogP contribution in [0.15, 0.2) is 24.3 Å². The van der Waals surface area contributed by atoms with E-state index in [4.69, 9.17) is 5.26 Å². The molecular formula is C12H19N. The van der Waals surface area contributed by atoms with E-state index in [0.717, 1.165) is 19.3 Å². The predicted octanol–water partition coefficient (Wildman–Crippen LogP) is 3.98. The molecule has 0 rings (SSSR count). The lowest BCUT2D eigenvalue weighted by atomic mass is 10.2. The van der Waals surface area contributed by atoms with Crippen LogP contribution in [0.5, 0.6) is 0 Å². The van der Waals surface area contributed by atoms with Crippen molar-refractivity contribution in [1.82, 2.24) is 0 Å². The molecule has 0 aromatic heterocycles. The van der Waals surface area contributed by atoms with Gasteiger partial charge in [-0.15, -0.1) is 0 Å². The van der Waals surface area contributed by atoms with Crippen molar-refractivity contribution in [3.8, 4) is 6.07 Å². The van der Waals surface area contributed by atoms with Gasteiger partial charge in [0.25, 0.3) is 0 Å². The summed E-state index contributed by atoms with van der Waals surface area (Å²) in [6.07, 6.45) is 15.0. The molecule has 0 atom stereocenters. The molecule has 72 valence electrons. The van der Waals surface area contributed by atoms with Crippen LogP contribution in [-0.2, 0) is 0 Å². The third kappa shape index (κ3) is 11.0. The molecule has 1 nitrogen and oxygen atoms in total. The van der Waals surface area contributed by atoms with Gasteiger partial charge in [0.2, 0.25) is 0 Å². The van der Waals surface area contributed by atoms with Crippen LogP contribution in [0.4, 0.5) is 0 Å². The first-order chi connectivity index (χ1) is 6.41. The first kappa shape index (κ1) is 12.0. The molecule has 0 radical (unpaired) electrons. The Morgan fingerprint density at radius 2 is 1.62 bits per heavy atom. The van der Waals surface area contributed by atoms with E-state index in [-0.39, 0.29) is 0 Å². The summed E-state index contributed by atoms with van der Waals surface area (Å²) in [5.41, 5.74) is 0. The average molecular weight is 177 g/mol. The molecule has 0 spiro atoms. The topological polar surface area (TPSA) is 23.8 Å². The van der Waals surface area contributed by atoms with Gasteiger partial charge < -0.3 is 0 Å². The van der Waals surface area contributed by atoms with E-state index in [2.05, 4.69) is 37.3 Å². The zero-order valence-electron chi connectivity index (χ0n) is 8.50. The molecule has 0 bridgehead atoms. The molecule has 0 amide bonds.